The number of hydrogen-bond donors (Lipinski definition) is 0. The first-order valence-electron chi connectivity index (χ1n) is 7.54. The molecule has 1 saturated heterocycles. The van der Waals surface area contributed by atoms with Crippen LogP contribution in [0, 0.1) is 0 Å². The molecule has 24 heavy (non-hydrogen) atoms. The van der Waals surface area contributed by atoms with Gasteiger partial charge in [-0.15, -0.1) is 5.10 Å². The molecule has 0 unspecified atom stereocenters. The maximum absolute atomic E-state index is 12.4. The monoisotopic (exact) mass is 329 g/mol. The molecule has 0 spiro atoms. The van der Waals surface area contributed by atoms with Crippen LogP contribution >= 0.6 is 0 Å². The van der Waals surface area contributed by atoms with Crippen molar-refractivity contribution in [3.63, 3.8) is 0 Å². The zero-order chi connectivity index (χ0) is 17.3. The Balaban J connectivity index is 1.90. The first-order valence-corrected chi connectivity index (χ1v) is 7.54. The number of amides is 4. The fourth-order valence-corrected chi connectivity index (χ4v) is 2.44. The summed E-state index contributed by atoms with van der Waals surface area (Å²) in [5, 5.41) is 7.94. The molecule has 0 aliphatic carbocycles. The van der Waals surface area contributed by atoms with Gasteiger partial charge in [-0.25, -0.2) is 9.69 Å². The zero-order valence-corrected chi connectivity index (χ0v) is 13.0. The number of imide groups is 2. The lowest BCUT2D eigenvalue weighted by atomic mass is 10.2. The van der Waals surface area contributed by atoms with Gasteiger partial charge in [0.25, 0.3) is 5.56 Å². The van der Waals surface area contributed by atoms with E-state index < -0.39 is 30.1 Å². The van der Waals surface area contributed by atoms with Crippen molar-refractivity contribution in [3.05, 3.63) is 34.6 Å². The molecule has 1 aliphatic heterocycles. The molecule has 1 aromatic carbocycles. The third kappa shape index (κ3) is 2.53. The Labute approximate surface area is 136 Å². The van der Waals surface area contributed by atoms with Gasteiger partial charge in [-0.1, -0.05) is 30.7 Å². The fraction of sp³-hybridized carbons (Fsp3) is 0.333. The third-order valence-electron chi connectivity index (χ3n) is 3.78. The molecule has 1 aliphatic rings. The molecule has 9 heteroatoms. The Morgan fingerprint density at radius 3 is 2.46 bits per heavy atom. The van der Waals surface area contributed by atoms with Crippen LogP contribution in [0.3, 0.4) is 0 Å². The number of carbonyl (C=O) groups is 3. The Morgan fingerprint density at radius 1 is 1.00 bits per heavy atom. The van der Waals surface area contributed by atoms with Gasteiger partial charge in [-0.3, -0.25) is 19.3 Å². The van der Waals surface area contributed by atoms with E-state index in [1.165, 1.54) is 0 Å². The van der Waals surface area contributed by atoms with Crippen LogP contribution in [-0.2, 0) is 16.3 Å². The Kier molecular flexibility index (Phi) is 4.07. The lowest BCUT2D eigenvalue weighted by molar-refractivity contribution is -0.143. The first kappa shape index (κ1) is 15.8. The van der Waals surface area contributed by atoms with Gasteiger partial charge in [0.05, 0.1) is 5.39 Å². The number of urea groups is 1. The van der Waals surface area contributed by atoms with Crippen LogP contribution in [0.5, 0.6) is 0 Å². The van der Waals surface area contributed by atoms with E-state index in [-0.39, 0.29) is 6.54 Å². The number of benzene rings is 1. The van der Waals surface area contributed by atoms with Crippen LogP contribution in [0.15, 0.2) is 29.1 Å². The molecule has 124 valence electrons. The zero-order valence-electron chi connectivity index (χ0n) is 13.0. The second kappa shape index (κ2) is 6.19. The predicted octanol–water partition coefficient (Wildman–Crippen LogP) is 0.340. The number of nitrogens with zero attached hydrogens (tertiary/aromatic N) is 5. The molecule has 1 fully saturated rings. The molecular formula is C15H15N5O4. The maximum atomic E-state index is 12.4. The smallest absolute Gasteiger partial charge is 0.267 e. The number of aromatic nitrogens is 3. The topological polar surface area (TPSA) is 105 Å². The molecule has 2 heterocycles. The first-order chi connectivity index (χ1) is 11.5. The van der Waals surface area contributed by atoms with Crippen molar-refractivity contribution in [1.29, 1.82) is 0 Å². The summed E-state index contributed by atoms with van der Waals surface area (Å²) < 4.78 is 0.898. The van der Waals surface area contributed by atoms with Crippen molar-refractivity contribution in [1.82, 2.24) is 24.8 Å². The number of unbranched alkanes of at least 4 members (excludes halogenated alkanes) is 1. The van der Waals surface area contributed by atoms with Gasteiger partial charge in [0.15, 0.2) is 0 Å². The average Bonchev–Trinajstić information content (AvgIpc) is 2.79. The van der Waals surface area contributed by atoms with Crippen LogP contribution in [0.1, 0.15) is 19.8 Å². The van der Waals surface area contributed by atoms with E-state index in [2.05, 4.69) is 10.3 Å². The highest BCUT2D eigenvalue weighted by Crippen LogP contribution is 2.14. The molecule has 9 nitrogen and oxygen atoms in total. The van der Waals surface area contributed by atoms with Crippen molar-refractivity contribution in [3.8, 4) is 0 Å². The predicted molar refractivity (Wildman–Crippen MR) is 82.7 cm³/mol. The molecule has 4 amide bonds. The largest absolute Gasteiger partial charge is 0.335 e. The molecule has 0 saturated carbocycles. The number of hydrogen-bond acceptors (Lipinski definition) is 6. The van der Waals surface area contributed by atoms with E-state index in [0.29, 0.717) is 22.2 Å². The second-order valence-corrected chi connectivity index (χ2v) is 5.38. The summed E-state index contributed by atoms with van der Waals surface area (Å²) in [4.78, 5) is 50.2. The highest BCUT2D eigenvalue weighted by molar-refractivity contribution is 6.44. The van der Waals surface area contributed by atoms with Gasteiger partial charge < -0.3 is 0 Å². The van der Waals surface area contributed by atoms with E-state index in [1.807, 2.05) is 6.92 Å². The van der Waals surface area contributed by atoms with Crippen molar-refractivity contribution >= 4 is 28.7 Å². The summed E-state index contributed by atoms with van der Waals surface area (Å²) in [5.41, 5.74) is -0.0702. The highest BCUT2D eigenvalue weighted by atomic mass is 16.2. The number of fused-ring (bicyclic) bond motifs is 1. The third-order valence-corrected chi connectivity index (χ3v) is 3.78. The minimum absolute atomic E-state index is 0.175. The van der Waals surface area contributed by atoms with Gasteiger partial charge in [0, 0.05) is 6.54 Å². The molecule has 3 rings (SSSR count). The van der Waals surface area contributed by atoms with Crippen LogP contribution < -0.4 is 5.56 Å². The van der Waals surface area contributed by atoms with Gasteiger partial charge in [0.2, 0.25) is 0 Å². The molecule has 0 atom stereocenters. The Hall–Kier alpha value is -3.10. The number of rotatable bonds is 5. The highest BCUT2D eigenvalue weighted by Gasteiger charge is 2.44. The summed E-state index contributed by atoms with van der Waals surface area (Å²) in [5.74, 6) is -1.84. The van der Waals surface area contributed by atoms with Gasteiger partial charge in [-0.05, 0) is 18.6 Å². The molecule has 0 radical (unpaired) electrons. The second-order valence-electron chi connectivity index (χ2n) is 5.38. The summed E-state index contributed by atoms with van der Waals surface area (Å²) in [6, 6.07) is 5.88. The molecular weight excluding hydrogens is 314 g/mol. The SMILES string of the molecule is CCCCN1C(=O)C(=O)N(Cn2nnc3ccccc3c2=O)C1=O. The normalized spacial score (nSPS) is 15.0. The standard InChI is InChI=1S/C15H15N5O4/c1-2-3-8-18-13(22)14(23)19(15(18)24)9-20-12(21)10-6-4-5-7-11(10)16-17-20/h4-7H,2-3,8-9H2,1H3. The molecule has 0 bridgehead atoms. The average molecular weight is 329 g/mol. The Bertz CT molecular complexity index is 891. The van der Waals surface area contributed by atoms with Crippen LogP contribution in [0.25, 0.3) is 10.9 Å². The van der Waals surface area contributed by atoms with E-state index in [9.17, 15) is 19.2 Å². The minimum Gasteiger partial charge on any atom is -0.267 e. The van der Waals surface area contributed by atoms with Crippen molar-refractivity contribution in [2.24, 2.45) is 0 Å². The van der Waals surface area contributed by atoms with E-state index >= 15 is 0 Å². The van der Waals surface area contributed by atoms with Crippen LogP contribution in [0.4, 0.5) is 4.79 Å². The number of carbonyl (C=O) groups excluding carboxylic acids is 3. The van der Waals surface area contributed by atoms with Crippen LogP contribution in [-0.4, -0.2) is 49.2 Å². The van der Waals surface area contributed by atoms with E-state index in [0.717, 1.165) is 16.0 Å². The summed E-state index contributed by atoms with van der Waals surface area (Å²) in [6.45, 7) is 1.65. The maximum Gasteiger partial charge on any atom is 0.335 e. The molecule has 1 aromatic heterocycles. The van der Waals surface area contributed by atoms with Gasteiger partial charge in [0.1, 0.15) is 12.2 Å². The lowest BCUT2D eigenvalue weighted by Gasteiger charge is -2.15. The van der Waals surface area contributed by atoms with Gasteiger partial charge in [-0.2, -0.15) is 4.68 Å². The fourth-order valence-electron chi connectivity index (χ4n) is 2.44. The lowest BCUT2D eigenvalue weighted by Crippen LogP contribution is -2.39. The van der Waals surface area contributed by atoms with Gasteiger partial charge >= 0.3 is 17.8 Å². The summed E-state index contributed by atoms with van der Waals surface area (Å²) in [7, 11) is 0. The van der Waals surface area contributed by atoms with E-state index in [1.54, 1.807) is 24.3 Å². The molecule has 0 N–H and O–H groups in total. The van der Waals surface area contributed by atoms with Crippen molar-refractivity contribution in [2.75, 3.05) is 6.54 Å². The van der Waals surface area contributed by atoms with Crippen LogP contribution in [0.2, 0.25) is 0 Å². The summed E-state index contributed by atoms with van der Waals surface area (Å²) >= 11 is 0. The molecule has 2 aromatic rings. The summed E-state index contributed by atoms with van der Waals surface area (Å²) in [6.07, 6.45) is 1.38. The Morgan fingerprint density at radius 2 is 1.71 bits per heavy atom. The van der Waals surface area contributed by atoms with Crippen molar-refractivity contribution in [2.45, 2.75) is 26.4 Å². The van der Waals surface area contributed by atoms with Crippen molar-refractivity contribution < 1.29 is 14.4 Å². The minimum atomic E-state index is -0.960. The quantitative estimate of drug-likeness (QED) is 0.578. The van der Waals surface area contributed by atoms with E-state index in [4.69, 9.17) is 0 Å².